The van der Waals surface area contributed by atoms with Crippen molar-refractivity contribution in [2.24, 2.45) is 0 Å². The number of alkyl halides is 6. The van der Waals surface area contributed by atoms with Crippen LogP contribution in [0.25, 0.3) is 0 Å². The first kappa shape index (κ1) is 28.7. The lowest BCUT2D eigenvalue weighted by Crippen LogP contribution is -2.33. The second-order valence-corrected chi connectivity index (χ2v) is 7.49. The molecule has 1 aromatic heterocycles. The summed E-state index contributed by atoms with van der Waals surface area (Å²) in [5.41, 5.74) is -2.01. The van der Waals surface area contributed by atoms with Crippen LogP contribution < -0.4 is 20.8 Å². The van der Waals surface area contributed by atoms with Crippen LogP contribution in [0.15, 0.2) is 48.7 Å². The van der Waals surface area contributed by atoms with Gasteiger partial charge in [0.15, 0.2) is 5.69 Å². The summed E-state index contributed by atoms with van der Waals surface area (Å²) in [6, 6.07) is 6.24. The molecule has 2 aromatic carbocycles. The monoisotopic (exact) mass is 563 g/mol. The Morgan fingerprint density at radius 2 is 1.69 bits per heavy atom. The Hall–Kier alpha value is -4.83. The molecular weight excluding hydrogens is 547 g/mol. The smallest absolute Gasteiger partial charge is 0.464 e. The van der Waals surface area contributed by atoms with Crippen molar-refractivity contribution in [3.8, 4) is 0 Å². The Balaban J connectivity index is 1.70. The molecule has 39 heavy (non-hydrogen) atoms. The molecule has 0 radical (unpaired) electrons. The van der Waals surface area contributed by atoms with Crippen LogP contribution in [0.4, 0.5) is 52.6 Å². The summed E-state index contributed by atoms with van der Waals surface area (Å²) in [7, 11) is 0.984. The number of rotatable bonds is 7. The van der Waals surface area contributed by atoms with E-state index in [4.69, 9.17) is 0 Å². The molecule has 0 bridgehead atoms. The third-order valence-electron chi connectivity index (χ3n) is 4.69. The van der Waals surface area contributed by atoms with Crippen LogP contribution in [0.5, 0.6) is 0 Å². The highest BCUT2D eigenvalue weighted by molar-refractivity contribution is 6.00. The van der Waals surface area contributed by atoms with E-state index in [1.165, 1.54) is 24.3 Å². The van der Waals surface area contributed by atoms with Gasteiger partial charge in [-0.05, 0) is 35.9 Å². The lowest BCUT2D eigenvalue weighted by molar-refractivity contribution is -0.201. The molecule has 208 valence electrons. The molecule has 0 aliphatic rings. The lowest BCUT2D eigenvalue weighted by Gasteiger charge is -2.12. The minimum Gasteiger partial charge on any atom is -0.464 e. The summed E-state index contributed by atoms with van der Waals surface area (Å²) in [5, 5.41) is 10.4. The molecule has 1 heterocycles. The third kappa shape index (κ3) is 7.59. The average Bonchev–Trinajstić information content (AvgIpc) is 3.25. The Bertz CT molecular complexity index is 1390. The number of amides is 2. The zero-order valence-electron chi connectivity index (χ0n) is 19.4. The van der Waals surface area contributed by atoms with Crippen molar-refractivity contribution in [2.75, 3.05) is 23.1 Å². The van der Waals surface area contributed by atoms with E-state index in [0.717, 1.165) is 13.3 Å². The molecule has 0 aliphatic carbocycles. The molecule has 2 amide bonds. The van der Waals surface area contributed by atoms with Crippen molar-refractivity contribution >= 4 is 35.0 Å². The molecule has 10 nitrogen and oxygen atoms in total. The molecular formula is C22H16F7N5O5. The van der Waals surface area contributed by atoms with Crippen LogP contribution in [-0.4, -0.2) is 41.2 Å². The highest BCUT2D eigenvalue weighted by atomic mass is 19.4. The maximum atomic E-state index is 13.9. The number of nitrogens with one attached hydrogen (secondary N) is 3. The van der Waals surface area contributed by atoms with Crippen LogP contribution in [0.1, 0.15) is 21.6 Å². The number of methoxy groups -OCH3 is 1. The van der Waals surface area contributed by atoms with Gasteiger partial charge in [0, 0.05) is 12.2 Å². The van der Waals surface area contributed by atoms with Crippen LogP contribution in [0, 0.1) is 5.82 Å². The topological polar surface area (TPSA) is 124 Å². The second kappa shape index (κ2) is 11.3. The van der Waals surface area contributed by atoms with Crippen molar-refractivity contribution in [2.45, 2.75) is 18.9 Å². The fourth-order valence-corrected chi connectivity index (χ4v) is 2.95. The normalized spacial score (nSPS) is 11.5. The number of carbonyl (C=O) groups excluding carboxylic acids is 3. The first-order valence-corrected chi connectivity index (χ1v) is 10.4. The quantitative estimate of drug-likeness (QED) is 0.284. The van der Waals surface area contributed by atoms with Gasteiger partial charge in [0.1, 0.15) is 5.82 Å². The van der Waals surface area contributed by atoms with Crippen LogP contribution in [-0.2, 0) is 22.3 Å². The van der Waals surface area contributed by atoms with E-state index in [2.05, 4.69) is 25.3 Å². The number of urea groups is 1. The minimum absolute atomic E-state index is 0.109. The molecule has 0 aliphatic heterocycles. The molecule has 17 heteroatoms. The Morgan fingerprint density at radius 3 is 2.33 bits per heavy atom. The van der Waals surface area contributed by atoms with Gasteiger partial charge in [-0.15, -0.1) is 5.10 Å². The van der Waals surface area contributed by atoms with E-state index in [1.54, 1.807) is 0 Å². The fourth-order valence-electron chi connectivity index (χ4n) is 2.95. The predicted octanol–water partition coefficient (Wildman–Crippen LogP) is 4.60. The molecule has 0 fully saturated rings. The molecule has 3 N–H and O–H groups in total. The Kier molecular flexibility index (Phi) is 8.31. The third-order valence-corrected chi connectivity index (χ3v) is 4.69. The van der Waals surface area contributed by atoms with E-state index in [0.29, 0.717) is 23.8 Å². The number of aromatic nitrogens is 2. The average molecular weight is 563 g/mol. The van der Waals surface area contributed by atoms with Gasteiger partial charge in [-0.1, -0.05) is 17.0 Å². The largest absolute Gasteiger partial charge is 0.493 e. The van der Waals surface area contributed by atoms with E-state index in [-0.39, 0.29) is 22.8 Å². The standard InChI is InChI=1S/C22H16F7N5O5/c1-38-18(35)17-16(10-34(33-17)39-19(36)22(27,28)29)30-9-11-3-2-4-13(7-11)31-20(37)32-15-8-12(21(24,25)26)5-6-14(15)23/h2-8,10,30H,9H2,1H3,(H2,31,32,37). The molecule has 3 rings (SSSR count). The van der Waals surface area contributed by atoms with Gasteiger partial charge < -0.3 is 25.5 Å². The number of esters is 1. The Morgan fingerprint density at radius 1 is 0.974 bits per heavy atom. The zero-order chi connectivity index (χ0) is 29.0. The fraction of sp³-hybridized carbons (Fsp3) is 0.182. The van der Waals surface area contributed by atoms with E-state index >= 15 is 0 Å². The van der Waals surface area contributed by atoms with Gasteiger partial charge >= 0.3 is 30.3 Å². The number of ether oxygens (including phenoxy) is 1. The summed E-state index contributed by atoms with van der Waals surface area (Å²) in [5.74, 6) is -4.75. The number of benzene rings is 2. The summed E-state index contributed by atoms with van der Waals surface area (Å²) < 4.78 is 94.3. The molecule has 0 unspecified atom stereocenters. The van der Waals surface area contributed by atoms with Crippen molar-refractivity contribution in [1.29, 1.82) is 0 Å². The van der Waals surface area contributed by atoms with E-state index in [1.807, 2.05) is 5.32 Å². The number of halogens is 7. The van der Waals surface area contributed by atoms with Crippen LogP contribution in [0.2, 0.25) is 0 Å². The van der Waals surface area contributed by atoms with Gasteiger partial charge in [-0.25, -0.2) is 18.8 Å². The molecule has 3 aromatic rings. The number of carbonyl (C=O) groups is 3. The molecule has 0 saturated carbocycles. The number of hydrogen-bond donors (Lipinski definition) is 3. The van der Waals surface area contributed by atoms with Gasteiger partial charge in [0.25, 0.3) is 0 Å². The molecule has 0 atom stereocenters. The van der Waals surface area contributed by atoms with Crippen LogP contribution >= 0.6 is 0 Å². The van der Waals surface area contributed by atoms with E-state index in [9.17, 15) is 45.1 Å². The summed E-state index contributed by atoms with van der Waals surface area (Å²) in [6.45, 7) is -0.109. The first-order valence-electron chi connectivity index (χ1n) is 10.4. The molecule has 0 spiro atoms. The van der Waals surface area contributed by atoms with Crippen molar-refractivity contribution in [3.05, 3.63) is 71.3 Å². The van der Waals surface area contributed by atoms with Gasteiger partial charge in [0.2, 0.25) is 0 Å². The summed E-state index contributed by atoms with van der Waals surface area (Å²) in [4.78, 5) is 39.4. The second-order valence-electron chi connectivity index (χ2n) is 7.49. The summed E-state index contributed by atoms with van der Waals surface area (Å²) in [6.07, 6.45) is -9.29. The lowest BCUT2D eigenvalue weighted by atomic mass is 10.2. The van der Waals surface area contributed by atoms with Gasteiger partial charge in [-0.2, -0.15) is 26.3 Å². The first-order chi connectivity index (χ1) is 18.2. The number of nitrogens with zero attached hydrogens (tertiary/aromatic N) is 2. The number of anilines is 3. The van der Waals surface area contributed by atoms with E-state index < -0.39 is 53.1 Å². The highest BCUT2D eigenvalue weighted by Crippen LogP contribution is 2.32. The number of hydrogen-bond acceptors (Lipinski definition) is 7. The van der Waals surface area contributed by atoms with Crippen molar-refractivity contribution in [1.82, 2.24) is 9.94 Å². The van der Waals surface area contributed by atoms with Crippen molar-refractivity contribution < 1.29 is 54.7 Å². The van der Waals surface area contributed by atoms with Crippen molar-refractivity contribution in [3.63, 3.8) is 0 Å². The molecule has 0 saturated heterocycles. The van der Waals surface area contributed by atoms with Crippen LogP contribution in [0.3, 0.4) is 0 Å². The minimum atomic E-state index is -5.32. The summed E-state index contributed by atoms with van der Waals surface area (Å²) >= 11 is 0. The Labute approximate surface area is 213 Å². The maximum absolute atomic E-state index is 13.9. The predicted molar refractivity (Wildman–Crippen MR) is 119 cm³/mol. The van der Waals surface area contributed by atoms with Gasteiger partial charge in [-0.3, -0.25) is 0 Å². The van der Waals surface area contributed by atoms with Gasteiger partial charge in [0.05, 0.1) is 30.2 Å². The SMILES string of the molecule is COC(=O)c1nn(OC(=O)C(F)(F)F)cc1NCc1cccc(NC(=O)Nc2cc(C(F)(F)F)ccc2F)c1. The zero-order valence-corrected chi connectivity index (χ0v) is 19.4. The highest BCUT2D eigenvalue weighted by Gasteiger charge is 2.42. The maximum Gasteiger partial charge on any atom is 0.493 e.